The van der Waals surface area contributed by atoms with Gasteiger partial charge >= 0.3 is 0 Å². The minimum absolute atomic E-state index is 0.0619. The van der Waals surface area contributed by atoms with Crippen LogP contribution in [-0.4, -0.2) is 21.9 Å². The summed E-state index contributed by atoms with van der Waals surface area (Å²) in [6.07, 6.45) is 1.60. The van der Waals surface area contributed by atoms with Crippen molar-refractivity contribution in [3.05, 3.63) is 48.1 Å². The second kappa shape index (κ2) is 6.40. The molecule has 1 heterocycles. The second-order valence-corrected chi connectivity index (χ2v) is 7.73. The third-order valence-electron chi connectivity index (χ3n) is 3.91. The van der Waals surface area contributed by atoms with Gasteiger partial charge in [-0.3, -0.25) is 0 Å². The smallest absolute Gasteiger partial charge is 0.157 e. The lowest BCUT2D eigenvalue weighted by Gasteiger charge is -2.27. The molecule has 0 aliphatic carbocycles. The molecule has 0 fully saturated rings. The summed E-state index contributed by atoms with van der Waals surface area (Å²) in [4.78, 5) is 0. The van der Waals surface area contributed by atoms with Gasteiger partial charge in [-0.15, -0.1) is 0 Å². The quantitative estimate of drug-likeness (QED) is 0.360. The molecule has 3 rings (SSSR count). The van der Waals surface area contributed by atoms with Crippen LogP contribution >= 0.6 is 45.2 Å². The summed E-state index contributed by atoms with van der Waals surface area (Å²) < 4.78 is 1.67. The Balaban J connectivity index is 1.94. The number of hydrogen-bond acceptors (Lipinski definition) is 4. The Kier molecular flexibility index (Phi) is 4.69. The molecule has 0 aromatic heterocycles. The molecular weight excluding hydrogens is 508 g/mol. The fraction of sp³-hybridized carbons (Fsp3) is 0.250. The first-order valence-electron chi connectivity index (χ1n) is 6.90. The van der Waals surface area contributed by atoms with Crippen molar-refractivity contribution in [2.45, 2.75) is 18.9 Å². The normalized spacial score (nSPS) is 17.3. The molecule has 2 aromatic carbocycles. The number of fused-ring (bicyclic) bond motifs is 1. The summed E-state index contributed by atoms with van der Waals surface area (Å²) in [6.45, 7) is 0.841. The van der Waals surface area contributed by atoms with Gasteiger partial charge < -0.3 is 20.6 Å². The first-order chi connectivity index (χ1) is 10.5. The van der Waals surface area contributed by atoms with Crippen LogP contribution in [0.2, 0.25) is 0 Å². The number of phenolic OH excluding ortho intramolecular Hbond substituents is 3. The van der Waals surface area contributed by atoms with Crippen LogP contribution in [-0.2, 0) is 12.8 Å². The highest BCUT2D eigenvalue weighted by Crippen LogP contribution is 2.36. The average molecular weight is 523 g/mol. The number of benzene rings is 2. The van der Waals surface area contributed by atoms with Gasteiger partial charge in [0, 0.05) is 6.04 Å². The molecule has 22 heavy (non-hydrogen) atoms. The van der Waals surface area contributed by atoms with Gasteiger partial charge in [-0.05, 0) is 106 Å². The van der Waals surface area contributed by atoms with Crippen LogP contribution in [0.25, 0.3) is 0 Å². The number of phenols is 3. The van der Waals surface area contributed by atoms with Gasteiger partial charge in [0.25, 0.3) is 0 Å². The van der Waals surface area contributed by atoms with Crippen LogP contribution in [0.5, 0.6) is 17.2 Å². The van der Waals surface area contributed by atoms with E-state index >= 15 is 0 Å². The summed E-state index contributed by atoms with van der Waals surface area (Å²) in [6, 6.07) is 7.36. The average Bonchev–Trinajstić information content (AvgIpc) is 2.47. The SMILES string of the molecule is Oc1cc2c(cc1O)[C@H](Cc1cc(I)c(O)c(I)c1)NCC2. The zero-order chi connectivity index (χ0) is 15.9. The van der Waals surface area contributed by atoms with E-state index in [1.165, 1.54) is 0 Å². The summed E-state index contributed by atoms with van der Waals surface area (Å²) in [5.74, 6) is 0.181. The van der Waals surface area contributed by atoms with Crippen LogP contribution < -0.4 is 5.32 Å². The maximum absolute atomic E-state index is 9.87. The molecule has 0 saturated carbocycles. The molecule has 0 saturated heterocycles. The highest BCUT2D eigenvalue weighted by atomic mass is 127. The Morgan fingerprint density at radius 3 is 2.32 bits per heavy atom. The van der Waals surface area contributed by atoms with Gasteiger partial charge in [-0.2, -0.15) is 0 Å². The molecule has 0 spiro atoms. The van der Waals surface area contributed by atoms with Crippen LogP contribution in [0.3, 0.4) is 0 Å². The number of nitrogens with one attached hydrogen (secondary N) is 1. The predicted molar refractivity (Wildman–Crippen MR) is 101 cm³/mol. The maximum Gasteiger partial charge on any atom is 0.157 e. The molecule has 0 unspecified atom stereocenters. The van der Waals surface area contributed by atoms with Gasteiger partial charge in [0.15, 0.2) is 11.5 Å². The Labute approximate surface area is 155 Å². The van der Waals surface area contributed by atoms with E-state index in [-0.39, 0.29) is 17.5 Å². The van der Waals surface area contributed by atoms with Crippen molar-refractivity contribution in [3.63, 3.8) is 0 Å². The summed E-state index contributed by atoms with van der Waals surface area (Å²) in [5.41, 5.74) is 3.23. The first kappa shape index (κ1) is 16.1. The predicted octanol–water partition coefficient (Wildman–Crippen LogP) is 3.44. The fourth-order valence-electron chi connectivity index (χ4n) is 2.82. The molecule has 1 aliphatic heterocycles. The lowest BCUT2D eigenvalue weighted by Crippen LogP contribution is -2.31. The van der Waals surface area contributed by atoms with E-state index < -0.39 is 0 Å². The second-order valence-electron chi connectivity index (χ2n) is 5.41. The van der Waals surface area contributed by atoms with Crippen LogP contribution in [0.1, 0.15) is 22.7 Å². The monoisotopic (exact) mass is 523 g/mol. The molecule has 1 aliphatic rings. The Hall–Kier alpha value is -0.740. The minimum Gasteiger partial charge on any atom is -0.506 e. The lowest BCUT2D eigenvalue weighted by atomic mass is 9.90. The van der Waals surface area contributed by atoms with Crippen molar-refractivity contribution in [2.75, 3.05) is 6.54 Å². The van der Waals surface area contributed by atoms with Gasteiger partial charge in [0.1, 0.15) is 5.75 Å². The van der Waals surface area contributed by atoms with Gasteiger partial charge in [-0.25, -0.2) is 0 Å². The van der Waals surface area contributed by atoms with Crippen LogP contribution in [0.4, 0.5) is 0 Å². The Morgan fingerprint density at radius 1 is 1.00 bits per heavy atom. The topological polar surface area (TPSA) is 72.7 Å². The highest BCUT2D eigenvalue weighted by molar-refractivity contribution is 14.1. The van der Waals surface area contributed by atoms with Crippen LogP contribution in [0, 0.1) is 7.14 Å². The van der Waals surface area contributed by atoms with Crippen LogP contribution in [0.15, 0.2) is 24.3 Å². The van der Waals surface area contributed by atoms with Crippen molar-refractivity contribution in [1.29, 1.82) is 0 Å². The summed E-state index contributed by atoms with van der Waals surface area (Å²) >= 11 is 4.26. The number of halogens is 2. The minimum atomic E-state index is -0.0812. The van der Waals surface area contributed by atoms with Crippen molar-refractivity contribution in [1.82, 2.24) is 5.32 Å². The van der Waals surface area contributed by atoms with E-state index in [4.69, 9.17) is 0 Å². The molecule has 0 amide bonds. The number of rotatable bonds is 2. The molecule has 4 nitrogen and oxygen atoms in total. The van der Waals surface area contributed by atoms with Gasteiger partial charge in [0.05, 0.1) is 7.14 Å². The molecular formula is C16H15I2NO3. The van der Waals surface area contributed by atoms with E-state index in [1.54, 1.807) is 12.1 Å². The standard InChI is InChI=1S/C16H15I2NO3/c17-11-3-8(4-12(18)16(11)22)5-13-10-7-15(21)14(20)6-9(10)1-2-19-13/h3-4,6-7,13,19-22H,1-2,5H2/t13-/m0/s1. The largest absolute Gasteiger partial charge is 0.506 e. The van der Waals surface area contributed by atoms with Crippen molar-refractivity contribution < 1.29 is 15.3 Å². The summed E-state index contributed by atoms with van der Waals surface area (Å²) in [7, 11) is 0. The first-order valence-corrected chi connectivity index (χ1v) is 9.06. The number of hydrogen-bond donors (Lipinski definition) is 4. The van der Waals surface area contributed by atoms with E-state index in [0.717, 1.165) is 43.2 Å². The van der Waals surface area contributed by atoms with E-state index in [2.05, 4.69) is 50.5 Å². The molecule has 6 heteroatoms. The van der Waals surface area contributed by atoms with Crippen molar-refractivity contribution in [2.24, 2.45) is 0 Å². The highest BCUT2D eigenvalue weighted by Gasteiger charge is 2.22. The maximum atomic E-state index is 9.87. The third kappa shape index (κ3) is 3.13. The van der Waals surface area contributed by atoms with Gasteiger partial charge in [0.2, 0.25) is 0 Å². The Morgan fingerprint density at radius 2 is 1.64 bits per heavy atom. The molecule has 0 radical (unpaired) electrons. The van der Waals surface area contributed by atoms with Crippen molar-refractivity contribution in [3.8, 4) is 17.2 Å². The van der Waals surface area contributed by atoms with Crippen molar-refractivity contribution >= 4 is 45.2 Å². The third-order valence-corrected chi connectivity index (χ3v) is 5.56. The fourth-order valence-corrected chi connectivity index (χ4v) is 4.72. The summed E-state index contributed by atoms with van der Waals surface area (Å²) in [5, 5.41) is 32.8. The molecule has 1 atom stereocenters. The van der Waals surface area contributed by atoms with E-state index in [9.17, 15) is 15.3 Å². The lowest BCUT2D eigenvalue weighted by molar-refractivity contribution is 0.398. The molecule has 116 valence electrons. The molecule has 0 bridgehead atoms. The zero-order valence-electron chi connectivity index (χ0n) is 11.6. The van der Waals surface area contributed by atoms with Gasteiger partial charge in [-0.1, -0.05) is 0 Å². The molecule has 2 aromatic rings. The number of aromatic hydroxyl groups is 3. The Bertz CT molecular complexity index is 711. The zero-order valence-corrected chi connectivity index (χ0v) is 15.9. The van der Waals surface area contributed by atoms with E-state index in [1.807, 2.05) is 12.1 Å². The molecule has 4 N–H and O–H groups in total. The van der Waals surface area contributed by atoms with E-state index in [0.29, 0.717) is 5.75 Å².